The van der Waals surface area contributed by atoms with Crippen molar-refractivity contribution in [2.24, 2.45) is 0 Å². The van der Waals surface area contributed by atoms with Crippen molar-refractivity contribution in [1.82, 2.24) is 14.5 Å². The number of non-ortho nitro benzene ring substituents is 1. The summed E-state index contributed by atoms with van der Waals surface area (Å²) in [5.74, 6) is 0.622. The van der Waals surface area contributed by atoms with Crippen LogP contribution in [0.4, 0.5) is 11.6 Å². The molecule has 5 rings (SSSR count). The number of imidazole rings is 1. The van der Waals surface area contributed by atoms with Crippen LogP contribution in [0.3, 0.4) is 0 Å². The Labute approximate surface area is 202 Å². The Morgan fingerprint density at radius 2 is 2.11 bits per heavy atom. The minimum atomic E-state index is -0.631. The van der Waals surface area contributed by atoms with E-state index < -0.39 is 23.0 Å². The van der Waals surface area contributed by atoms with Crippen LogP contribution in [-0.4, -0.2) is 45.0 Å². The lowest BCUT2D eigenvalue weighted by Gasteiger charge is -2.32. The van der Waals surface area contributed by atoms with Crippen molar-refractivity contribution in [2.45, 2.75) is 38.3 Å². The number of hydrogen-bond donors (Lipinski definition) is 1. The molecule has 2 aliphatic heterocycles. The Bertz CT molecular complexity index is 1240. The second-order valence-corrected chi connectivity index (χ2v) is 8.85. The van der Waals surface area contributed by atoms with Gasteiger partial charge in [0, 0.05) is 36.8 Å². The number of nitrogens with one attached hydrogen (secondary N) is 1. The number of nitro groups is 1. The molecule has 0 spiro atoms. The van der Waals surface area contributed by atoms with Gasteiger partial charge in [0.05, 0.1) is 22.8 Å². The smallest absolute Gasteiger partial charge is 0.339 e. The maximum Gasteiger partial charge on any atom is 0.339 e. The molecule has 2 aliphatic rings. The molecule has 3 aromatic rings. The number of benzene rings is 1. The topological polar surface area (TPSA) is 116 Å². The van der Waals surface area contributed by atoms with Crippen molar-refractivity contribution < 1.29 is 18.9 Å². The molecule has 10 nitrogen and oxygen atoms in total. The van der Waals surface area contributed by atoms with Crippen molar-refractivity contribution >= 4 is 17.6 Å². The molecule has 0 saturated carbocycles. The first kappa shape index (κ1) is 22.9. The summed E-state index contributed by atoms with van der Waals surface area (Å²) >= 11 is 0. The number of carbonyl (C=O) groups is 1. The Kier molecular flexibility index (Phi) is 6.37. The van der Waals surface area contributed by atoms with Crippen LogP contribution in [0.1, 0.15) is 49.7 Å². The second-order valence-electron chi connectivity index (χ2n) is 8.85. The number of esters is 1. The standard InChI is InChI=1S/C25H27N5O5/c1-17-22(24(31)35-21(20-9-6-14-34-20)16-28-11-3-2-4-12-28)23(29-13-10-26-25(29)27-17)18-7-5-8-19(15-18)30(32)33/h5-10,13-15,21,23H,2-4,11-12,16H2,1H3,(H,26,27). The molecule has 4 heterocycles. The molecule has 0 aliphatic carbocycles. The van der Waals surface area contributed by atoms with Crippen LogP contribution in [0, 0.1) is 10.1 Å². The molecule has 0 radical (unpaired) electrons. The Morgan fingerprint density at radius 3 is 2.86 bits per heavy atom. The largest absolute Gasteiger partial charge is 0.465 e. The molecular weight excluding hydrogens is 450 g/mol. The highest BCUT2D eigenvalue weighted by Crippen LogP contribution is 2.38. The van der Waals surface area contributed by atoms with E-state index in [0.717, 1.165) is 25.9 Å². The number of nitro benzene ring substituents is 1. The molecule has 0 amide bonds. The fraction of sp³-hybridized carbons (Fsp3) is 0.360. The Hall–Kier alpha value is -3.92. The normalized spacial score (nSPS) is 19.1. The van der Waals surface area contributed by atoms with Crippen LogP contribution >= 0.6 is 0 Å². The van der Waals surface area contributed by atoms with Gasteiger partial charge in [0.2, 0.25) is 5.95 Å². The third kappa shape index (κ3) is 4.69. The Morgan fingerprint density at radius 1 is 1.29 bits per heavy atom. The summed E-state index contributed by atoms with van der Waals surface area (Å²) in [6.45, 7) is 4.22. The van der Waals surface area contributed by atoms with Crippen molar-refractivity contribution in [2.75, 3.05) is 25.0 Å². The minimum Gasteiger partial charge on any atom is -0.465 e. The van der Waals surface area contributed by atoms with E-state index in [1.165, 1.54) is 18.6 Å². The van der Waals surface area contributed by atoms with Crippen molar-refractivity contribution in [1.29, 1.82) is 0 Å². The first-order chi connectivity index (χ1) is 17.0. The summed E-state index contributed by atoms with van der Waals surface area (Å²) in [4.78, 5) is 31.3. The van der Waals surface area contributed by atoms with Gasteiger partial charge in [0.25, 0.3) is 5.69 Å². The zero-order valence-electron chi connectivity index (χ0n) is 19.4. The minimum absolute atomic E-state index is 0.0494. The second kappa shape index (κ2) is 9.75. The number of rotatable bonds is 7. The van der Waals surface area contributed by atoms with E-state index in [9.17, 15) is 14.9 Å². The molecule has 1 fully saturated rings. The van der Waals surface area contributed by atoms with Crippen LogP contribution in [0.5, 0.6) is 0 Å². The number of nitrogens with zero attached hydrogens (tertiary/aromatic N) is 4. The number of furan rings is 1. The monoisotopic (exact) mass is 477 g/mol. The fourth-order valence-corrected chi connectivity index (χ4v) is 4.83. The predicted octanol–water partition coefficient (Wildman–Crippen LogP) is 4.44. The molecule has 1 aromatic carbocycles. The summed E-state index contributed by atoms with van der Waals surface area (Å²) in [6, 6.07) is 9.26. The van der Waals surface area contributed by atoms with Crippen LogP contribution in [-0.2, 0) is 9.53 Å². The third-order valence-electron chi connectivity index (χ3n) is 6.52. The van der Waals surface area contributed by atoms with Crippen LogP contribution in [0.15, 0.2) is 70.7 Å². The average Bonchev–Trinajstić information content (AvgIpc) is 3.56. The highest BCUT2D eigenvalue weighted by Gasteiger charge is 2.36. The van der Waals surface area contributed by atoms with E-state index in [1.54, 1.807) is 48.3 Å². The summed E-state index contributed by atoms with van der Waals surface area (Å²) in [5, 5.41) is 14.6. The van der Waals surface area contributed by atoms with Crippen LogP contribution in [0.25, 0.3) is 0 Å². The Balaban J connectivity index is 1.48. The number of ether oxygens (including phenoxy) is 1. The number of piperidine rings is 1. The van der Waals surface area contributed by atoms with Gasteiger partial charge >= 0.3 is 5.97 Å². The fourth-order valence-electron chi connectivity index (χ4n) is 4.83. The van der Waals surface area contributed by atoms with Gasteiger partial charge in [-0.05, 0) is 50.6 Å². The van der Waals surface area contributed by atoms with Crippen molar-refractivity contribution in [3.8, 4) is 0 Å². The highest BCUT2D eigenvalue weighted by molar-refractivity contribution is 5.92. The summed E-state index contributed by atoms with van der Waals surface area (Å²) in [5.41, 5.74) is 1.50. The molecule has 1 N–H and O–H groups in total. The number of likely N-dealkylation sites (tertiary alicyclic amines) is 1. The maximum absolute atomic E-state index is 13.7. The maximum atomic E-state index is 13.7. The van der Waals surface area contributed by atoms with Gasteiger partial charge in [0.15, 0.2) is 6.10 Å². The van der Waals surface area contributed by atoms with Gasteiger partial charge in [-0.2, -0.15) is 0 Å². The van der Waals surface area contributed by atoms with Crippen LogP contribution in [0.2, 0.25) is 0 Å². The van der Waals surface area contributed by atoms with Gasteiger partial charge in [-0.15, -0.1) is 0 Å². The average molecular weight is 478 g/mol. The van der Waals surface area contributed by atoms with Gasteiger partial charge in [-0.1, -0.05) is 18.6 Å². The number of hydrogen-bond acceptors (Lipinski definition) is 8. The molecule has 10 heteroatoms. The summed E-state index contributed by atoms with van der Waals surface area (Å²) < 4.78 is 13.5. The number of aromatic nitrogens is 2. The van der Waals surface area contributed by atoms with E-state index in [2.05, 4.69) is 15.2 Å². The molecular formula is C25H27N5O5. The van der Waals surface area contributed by atoms with Crippen LogP contribution < -0.4 is 5.32 Å². The van der Waals surface area contributed by atoms with E-state index in [1.807, 2.05) is 6.07 Å². The van der Waals surface area contributed by atoms with Gasteiger partial charge in [-0.25, -0.2) is 9.78 Å². The highest BCUT2D eigenvalue weighted by atomic mass is 16.6. The van der Waals surface area contributed by atoms with Crippen molar-refractivity contribution in [3.63, 3.8) is 0 Å². The summed E-state index contributed by atoms with van der Waals surface area (Å²) in [7, 11) is 0. The lowest BCUT2D eigenvalue weighted by molar-refractivity contribution is -0.384. The van der Waals surface area contributed by atoms with Gasteiger partial charge in [-0.3, -0.25) is 15.0 Å². The molecule has 35 heavy (non-hydrogen) atoms. The number of fused-ring (bicyclic) bond motifs is 1. The quantitative estimate of drug-likeness (QED) is 0.302. The summed E-state index contributed by atoms with van der Waals surface area (Å²) in [6.07, 6.45) is 7.79. The first-order valence-corrected chi connectivity index (χ1v) is 11.7. The van der Waals surface area contributed by atoms with Gasteiger partial charge in [0.1, 0.15) is 5.76 Å². The van der Waals surface area contributed by atoms with Gasteiger partial charge < -0.3 is 19.0 Å². The number of carbonyl (C=O) groups excluding carboxylic acids is 1. The predicted molar refractivity (Wildman–Crippen MR) is 128 cm³/mol. The van der Waals surface area contributed by atoms with E-state index >= 15 is 0 Å². The molecule has 2 unspecified atom stereocenters. The first-order valence-electron chi connectivity index (χ1n) is 11.7. The molecule has 2 atom stereocenters. The molecule has 1 saturated heterocycles. The number of allylic oxidation sites excluding steroid dienone is 1. The molecule has 182 valence electrons. The lowest BCUT2D eigenvalue weighted by atomic mass is 9.95. The zero-order chi connectivity index (χ0) is 24.4. The van der Waals surface area contributed by atoms with E-state index in [4.69, 9.17) is 9.15 Å². The zero-order valence-corrected chi connectivity index (χ0v) is 19.4. The van der Waals surface area contributed by atoms with E-state index in [0.29, 0.717) is 35.1 Å². The number of anilines is 1. The van der Waals surface area contributed by atoms with E-state index in [-0.39, 0.29) is 5.69 Å². The molecule has 2 aromatic heterocycles. The van der Waals surface area contributed by atoms with Crippen molar-refractivity contribution in [3.05, 3.63) is 87.8 Å². The lowest BCUT2D eigenvalue weighted by Crippen LogP contribution is -2.36. The third-order valence-corrected chi connectivity index (χ3v) is 6.52. The SMILES string of the molecule is CC1=C(C(=O)OC(CN2CCCCC2)c2ccco2)C(c2cccc([N+](=O)[O-])c2)n2ccnc2N1. The molecule has 0 bridgehead atoms.